The Morgan fingerprint density at radius 2 is 2.20 bits per heavy atom. The van der Waals surface area contributed by atoms with Crippen molar-refractivity contribution in [3.05, 3.63) is 57.7 Å². The van der Waals surface area contributed by atoms with Gasteiger partial charge in [0.05, 0.1) is 11.7 Å². The molecule has 0 bridgehead atoms. The third-order valence-corrected chi connectivity index (χ3v) is 4.16. The second-order valence-electron chi connectivity index (χ2n) is 4.92. The van der Waals surface area contributed by atoms with Gasteiger partial charge in [0.15, 0.2) is 0 Å². The van der Waals surface area contributed by atoms with Crippen LogP contribution in [0.1, 0.15) is 24.4 Å². The number of nitrogens with zero attached hydrogens (tertiary/aromatic N) is 3. The Morgan fingerprint density at radius 1 is 1.35 bits per heavy atom. The summed E-state index contributed by atoms with van der Waals surface area (Å²) in [5.41, 5.74) is 2.01. The Labute approximate surface area is 120 Å². The molecule has 0 aliphatic heterocycles. The summed E-state index contributed by atoms with van der Waals surface area (Å²) >= 11 is 1.49. The molecule has 0 aromatic carbocycles. The molecule has 20 heavy (non-hydrogen) atoms. The summed E-state index contributed by atoms with van der Waals surface area (Å²) in [6.45, 7) is 3.99. The van der Waals surface area contributed by atoms with E-state index in [1.54, 1.807) is 10.9 Å². The van der Waals surface area contributed by atoms with Gasteiger partial charge in [-0.2, -0.15) is 0 Å². The lowest BCUT2D eigenvalue weighted by Gasteiger charge is -2.14. The first-order chi connectivity index (χ1) is 9.65. The molecule has 3 aromatic heterocycles. The third kappa shape index (κ3) is 2.36. The van der Waals surface area contributed by atoms with E-state index >= 15 is 0 Å². The zero-order valence-electron chi connectivity index (χ0n) is 11.4. The monoisotopic (exact) mass is 285 g/mol. The Morgan fingerprint density at radius 3 is 3.00 bits per heavy atom. The third-order valence-electron chi connectivity index (χ3n) is 3.33. The standard InChI is InChI=1S/C15H15N3OS/c1-10-4-3-5-12(17-10)8-11(2)18-9-16-14-13(15(18)19)6-7-20-14/h3-7,9,11H,8H2,1-2H3/t11-/m0/s1. The fourth-order valence-corrected chi connectivity index (χ4v) is 3.02. The summed E-state index contributed by atoms with van der Waals surface area (Å²) in [6, 6.07) is 7.83. The highest BCUT2D eigenvalue weighted by atomic mass is 32.1. The van der Waals surface area contributed by atoms with Gasteiger partial charge in [-0.25, -0.2) is 4.98 Å². The van der Waals surface area contributed by atoms with E-state index in [-0.39, 0.29) is 11.6 Å². The van der Waals surface area contributed by atoms with Crippen LogP contribution in [-0.2, 0) is 6.42 Å². The molecule has 5 heteroatoms. The maximum Gasteiger partial charge on any atom is 0.262 e. The second kappa shape index (κ2) is 5.17. The summed E-state index contributed by atoms with van der Waals surface area (Å²) in [6.07, 6.45) is 2.36. The van der Waals surface area contributed by atoms with Gasteiger partial charge in [-0.1, -0.05) is 6.07 Å². The van der Waals surface area contributed by atoms with Gasteiger partial charge in [-0.3, -0.25) is 14.3 Å². The van der Waals surface area contributed by atoms with Crippen molar-refractivity contribution in [3.8, 4) is 0 Å². The molecule has 0 saturated heterocycles. The molecule has 0 unspecified atom stereocenters. The van der Waals surface area contributed by atoms with Crippen LogP contribution < -0.4 is 5.56 Å². The number of aromatic nitrogens is 3. The first kappa shape index (κ1) is 13.0. The Hall–Kier alpha value is -2.01. The van der Waals surface area contributed by atoms with Crippen molar-refractivity contribution in [2.75, 3.05) is 0 Å². The smallest absolute Gasteiger partial charge is 0.262 e. The summed E-state index contributed by atoms with van der Waals surface area (Å²) in [4.78, 5) is 22.0. The van der Waals surface area contributed by atoms with Crippen LogP contribution in [0, 0.1) is 6.92 Å². The lowest BCUT2D eigenvalue weighted by Crippen LogP contribution is -2.24. The number of aryl methyl sites for hydroxylation is 1. The lowest BCUT2D eigenvalue weighted by atomic mass is 10.1. The number of hydrogen-bond acceptors (Lipinski definition) is 4. The van der Waals surface area contributed by atoms with Crippen LogP contribution in [0.4, 0.5) is 0 Å². The van der Waals surface area contributed by atoms with E-state index in [0.29, 0.717) is 5.39 Å². The molecule has 3 heterocycles. The zero-order valence-corrected chi connectivity index (χ0v) is 12.2. The minimum atomic E-state index is 0.0244. The minimum absolute atomic E-state index is 0.0244. The van der Waals surface area contributed by atoms with Crippen LogP contribution in [0.15, 0.2) is 40.8 Å². The molecule has 3 rings (SSSR count). The van der Waals surface area contributed by atoms with Crippen molar-refractivity contribution in [1.82, 2.24) is 14.5 Å². The van der Waals surface area contributed by atoms with Crippen LogP contribution in [0.25, 0.3) is 10.2 Å². The van der Waals surface area contributed by atoms with E-state index in [1.165, 1.54) is 11.3 Å². The SMILES string of the molecule is Cc1cccc(C[C@H](C)n2cnc3sccc3c2=O)n1. The maximum atomic E-state index is 12.4. The molecule has 102 valence electrons. The average molecular weight is 285 g/mol. The molecule has 3 aromatic rings. The molecule has 0 amide bonds. The molecule has 0 spiro atoms. The highest BCUT2D eigenvalue weighted by molar-refractivity contribution is 7.16. The number of hydrogen-bond donors (Lipinski definition) is 0. The first-order valence-electron chi connectivity index (χ1n) is 6.52. The van der Waals surface area contributed by atoms with Crippen molar-refractivity contribution in [2.24, 2.45) is 0 Å². The molecule has 4 nitrogen and oxygen atoms in total. The summed E-state index contributed by atoms with van der Waals surface area (Å²) in [7, 11) is 0. The predicted molar refractivity (Wildman–Crippen MR) is 81.3 cm³/mol. The van der Waals surface area contributed by atoms with Gasteiger partial charge in [0.2, 0.25) is 0 Å². The van der Waals surface area contributed by atoms with E-state index < -0.39 is 0 Å². The normalized spacial score (nSPS) is 12.7. The van der Waals surface area contributed by atoms with Crippen LogP contribution in [0.3, 0.4) is 0 Å². The van der Waals surface area contributed by atoms with Gasteiger partial charge in [-0.15, -0.1) is 11.3 Å². The fourth-order valence-electron chi connectivity index (χ4n) is 2.30. The molecule has 1 atom stereocenters. The Kier molecular flexibility index (Phi) is 3.36. The molecular formula is C15H15N3OS. The van der Waals surface area contributed by atoms with Gasteiger partial charge in [0.25, 0.3) is 5.56 Å². The second-order valence-corrected chi connectivity index (χ2v) is 5.81. The summed E-state index contributed by atoms with van der Waals surface area (Å²) in [5, 5.41) is 2.59. The molecule has 0 fully saturated rings. The van der Waals surface area contributed by atoms with Gasteiger partial charge in [-0.05, 0) is 37.4 Å². The molecular weight excluding hydrogens is 270 g/mol. The van der Waals surface area contributed by atoms with E-state index in [4.69, 9.17) is 0 Å². The minimum Gasteiger partial charge on any atom is -0.295 e. The van der Waals surface area contributed by atoms with Crippen LogP contribution in [0.5, 0.6) is 0 Å². The van der Waals surface area contributed by atoms with Gasteiger partial charge < -0.3 is 0 Å². The van der Waals surface area contributed by atoms with Crippen molar-refractivity contribution >= 4 is 21.6 Å². The van der Waals surface area contributed by atoms with Gasteiger partial charge >= 0.3 is 0 Å². The van der Waals surface area contributed by atoms with E-state index in [9.17, 15) is 4.79 Å². The van der Waals surface area contributed by atoms with Gasteiger partial charge in [0, 0.05) is 23.9 Å². The van der Waals surface area contributed by atoms with E-state index in [1.807, 2.05) is 43.5 Å². The van der Waals surface area contributed by atoms with Crippen LogP contribution in [0.2, 0.25) is 0 Å². The van der Waals surface area contributed by atoms with E-state index in [2.05, 4.69) is 9.97 Å². The van der Waals surface area contributed by atoms with Crippen molar-refractivity contribution in [3.63, 3.8) is 0 Å². The molecule has 0 N–H and O–H groups in total. The molecule has 0 radical (unpaired) electrons. The predicted octanol–water partition coefficient (Wildman–Crippen LogP) is 2.97. The largest absolute Gasteiger partial charge is 0.295 e. The highest BCUT2D eigenvalue weighted by Crippen LogP contribution is 2.16. The van der Waals surface area contributed by atoms with Crippen LogP contribution in [-0.4, -0.2) is 14.5 Å². The molecule has 0 aliphatic carbocycles. The highest BCUT2D eigenvalue weighted by Gasteiger charge is 2.12. The quantitative estimate of drug-likeness (QED) is 0.743. The molecule has 0 aliphatic rings. The number of fused-ring (bicyclic) bond motifs is 1. The fraction of sp³-hybridized carbons (Fsp3) is 0.267. The molecule has 0 saturated carbocycles. The number of thiophene rings is 1. The topological polar surface area (TPSA) is 47.8 Å². The Balaban J connectivity index is 1.94. The van der Waals surface area contributed by atoms with Gasteiger partial charge in [0.1, 0.15) is 4.83 Å². The summed E-state index contributed by atoms with van der Waals surface area (Å²) in [5.74, 6) is 0. The Bertz CT molecular complexity index is 806. The van der Waals surface area contributed by atoms with E-state index in [0.717, 1.165) is 22.6 Å². The zero-order chi connectivity index (χ0) is 14.1. The lowest BCUT2D eigenvalue weighted by molar-refractivity contribution is 0.517. The maximum absolute atomic E-state index is 12.4. The first-order valence-corrected chi connectivity index (χ1v) is 7.40. The summed E-state index contributed by atoms with van der Waals surface area (Å²) < 4.78 is 1.69. The number of pyridine rings is 1. The number of rotatable bonds is 3. The van der Waals surface area contributed by atoms with Crippen molar-refractivity contribution in [1.29, 1.82) is 0 Å². The van der Waals surface area contributed by atoms with Crippen LogP contribution >= 0.6 is 11.3 Å². The van der Waals surface area contributed by atoms with Crippen molar-refractivity contribution in [2.45, 2.75) is 26.3 Å². The average Bonchev–Trinajstić information content (AvgIpc) is 2.88. The van der Waals surface area contributed by atoms with Crippen molar-refractivity contribution < 1.29 is 0 Å².